The molecule has 2 aliphatic carbocycles. The maximum Gasteiger partial charge on any atom is 0.308 e. The van der Waals surface area contributed by atoms with Crippen LogP contribution in [0.5, 0.6) is 5.75 Å². The summed E-state index contributed by atoms with van der Waals surface area (Å²) in [5.74, 6) is 0.280. The number of methoxy groups -OCH3 is 1. The molecule has 0 bridgehead atoms. The van der Waals surface area contributed by atoms with E-state index in [1.54, 1.807) is 12.0 Å². The molecule has 3 fully saturated rings. The first-order valence-electron chi connectivity index (χ1n) is 8.72. The van der Waals surface area contributed by atoms with Crippen LogP contribution in [0.15, 0.2) is 24.3 Å². The minimum absolute atomic E-state index is 0.0846. The molecule has 3 aliphatic rings. The highest BCUT2D eigenvalue weighted by molar-refractivity contribution is 5.93. The molecule has 1 saturated heterocycles. The number of amides is 1. The number of benzene rings is 1. The van der Waals surface area contributed by atoms with Crippen LogP contribution in [0.25, 0.3) is 0 Å². The Kier molecular flexibility index (Phi) is 3.55. The van der Waals surface area contributed by atoms with Gasteiger partial charge < -0.3 is 14.7 Å². The zero-order chi connectivity index (χ0) is 16.9. The van der Waals surface area contributed by atoms with E-state index in [0.717, 1.165) is 37.0 Å². The number of likely N-dealkylation sites (tertiary alicyclic amines) is 1. The van der Waals surface area contributed by atoms with Gasteiger partial charge >= 0.3 is 5.97 Å². The lowest BCUT2D eigenvalue weighted by atomic mass is 9.92. The first-order valence-corrected chi connectivity index (χ1v) is 8.72. The van der Waals surface area contributed by atoms with Gasteiger partial charge in [0.1, 0.15) is 5.75 Å². The average molecular weight is 329 g/mol. The number of hydrogen-bond donors (Lipinski definition) is 1. The highest BCUT2D eigenvalue weighted by Gasteiger charge is 2.57. The minimum atomic E-state index is -0.760. The molecule has 0 aromatic heterocycles. The number of para-hydroxylation sites is 1. The van der Waals surface area contributed by atoms with Crippen molar-refractivity contribution in [2.24, 2.45) is 17.8 Å². The van der Waals surface area contributed by atoms with E-state index in [1.807, 2.05) is 24.3 Å². The molecule has 1 amide bonds. The second-order valence-electron chi connectivity index (χ2n) is 7.44. The smallest absolute Gasteiger partial charge is 0.308 e. The Balaban J connectivity index is 1.58. The molecule has 128 valence electrons. The summed E-state index contributed by atoms with van der Waals surface area (Å²) < 4.78 is 5.45. The van der Waals surface area contributed by atoms with Crippen molar-refractivity contribution >= 4 is 11.9 Å². The van der Waals surface area contributed by atoms with Gasteiger partial charge in [0.05, 0.1) is 18.4 Å². The van der Waals surface area contributed by atoms with Crippen molar-refractivity contribution in [2.45, 2.75) is 31.1 Å². The molecule has 5 heteroatoms. The summed E-state index contributed by atoms with van der Waals surface area (Å²) in [4.78, 5) is 26.6. The SMILES string of the molecule is COc1ccccc1C1(C(=O)N2C[C@H](C(=O)O)[C@@H](C3CC3)C2)CC1. The summed E-state index contributed by atoms with van der Waals surface area (Å²) >= 11 is 0. The van der Waals surface area contributed by atoms with Crippen molar-refractivity contribution in [1.82, 2.24) is 4.90 Å². The van der Waals surface area contributed by atoms with Crippen LogP contribution in [0.2, 0.25) is 0 Å². The lowest BCUT2D eigenvalue weighted by molar-refractivity contribution is -0.142. The molecular weight excluding hydrogens is 306 g/mol. The van der Waals surface area contributed by atoms with Gasteiger partial charge in [0.2, 0.25) is 5.91 Å². The molecule has 0 radical (unpaired) electrons. The van der Waals surface area contributed by atoms with Gasteiger partial charge in [0.15, 0.2) is 0 Å². The molecule has 5 nitrogen and oxygen atoms in total. The van der Waals surface area contributed by atoms with Gasteiger partial charge in [0.25, 0.3) is 0 Å². The number of nitrogens with zero attached hydrogens (tertiary/aromatic N) is 1. The molecule has 1 aromatic rings. The van der Waals surface area contributed by atoms with E-state index in [2.05, 4.69) is 0 Å². The Morgan fingerprint density at radius 1 is 1.21 bits per heavy atom. The predicted molar refractivity (Wildman–Crippen MR) is 87.8 cm³/mol. The van der Waals surface area contributed by atoms with Crippen molar-refractivity contribution < 1.29 is 19.4 Å². The molecule has 24 heavy (non-hydrogen) atoms. The van der Waals surface area contributed by atoms with E-state index in [-0.39, 0.29) is 11.8 Å². The zero-order valence-corrected chi connectivity index (χ0v) is 13.9. The lowest BCUT2D eigenvalue weighted by Gasteiger charge is -2.25. The van der Waals surface area contributed by atoms with E-state index in [9.17, 15) is 14.7 Å². The maximum atomic E-state index is 13.2. The Morgan fingerprint density at radius 3 is 2.50 bits per heavy atom. The third kappa shape index (κ3) is 2.38. The van der Waals surface area contributed by atoms with Gasteiger partial charge in [-0.1, -0.05) is 18.2 Å². The van der Waals surface area contributed by atoms with Crippen LogP contribution in [-0.2, 0) is 15.0 Å². The Bertz CT molecular complexity index is 678. The summed E-state index contributed by atoms with van der Waals surface area (Å²) in [6.45, 7) is 0.948. The molecule has 2 atom stereocenters. The molecule has 1 aromatic carbocycles. The number of rotatable bonds is 5. The second-order valence-corrected chi connectivity index (χ2v) is 7.44. The molecule has 0 spiro atoms. The molecule has 1 aliphatic heterocycles. The standard InChI is InChI=1S/C19H23NO4/c1-24-16-5-3-2-4-15(16)19(8-9-19)18(23)20-10-13(12-6-7-12)14(11-20)17(21)22/h2-5,12-14H,6-11H2,1H3,(H,21,22)/t13-,14+/m1/s1. The van der Waals surface area contributed by atoms with E-state index in [1.165, 1.54) is 0 Å². The molecule has 4 rings (SSSR count). The van der Waals surface area contributed by atoms with Crippen LogP contribution >= 0.6 is 0 Å². The van der Waals surface area contributed by atoms with Crippen molar-refractivity contribution in [2.75, 3.05) is 20.2 Å². The summed E-state index contributed by atoms with van der Waals surface area (Å²) in [5, 5.41) is 9.52. The lowest BCUT2D eigenvalue weighted by Crippen LogP contribution is -2.38. The zero-order valence-electron chi connectivity index (χ0n) is 13.9. The second kappa shape index (κ2) is 5.50. The number of hydrogen-bond acceptors (Lipinski definition) is 3. The van der Waals surface area contributed by atoms with Crippen LogP contribution in [0.4, 0.5) is 0 Å². The number of carbonyl (C=O) groups excluding carboxylic acids is 1. The Labute approximate surface area is 141 Å². The van der Waals surface area contributed by atoms with E-state index in [4.69, 9.17) is 4.74 Å². The fourth-order valence-electron chi connectivity index (χ4n) is 4.32. The molecule has 1 heterocycles. The van der Waals surface area contributed by atoms with E-state index >= 15 is 0 Å². The quantitative estimate of drug-likeness (QED) is 0.900. The first kappa shape index (κ1) is 15.5. The number of aliphatic carboxylic acids is 1. The van der Waals surface area contributed by atoms with Crippen molar-refractivity contribution in [3.05, 3.63) is 29.8 Å². The summed E-state index contributed by atoms with van der Waals surface area (Å²) in [7, 11) is 1.62. The largest absolute Gasteiger partial charge is 0.496 e. The Morgan fingerprint density at radius 2 is 1.92 bits per heavy atom. The van der Waals surface area contributed by atoms with Crippen LogP contribution in [0.1, 0.15) is 31.2 Å². The Hall–Kier alpha value is -2.04. The predicted octanol–water partition coefficient (Wildman–Crippen LogP) is 2.30. The topological polar surface area (TPSA) is 66.8 Å². The fraction of sp³-hybridized carbons (Fsp3) is 0.579. The number of carboxylic acid groups (broad SMARTS) is 1. The molecule has 1 N–H and O–H groups in total. The van der Waals surface area contributed by atoms with Gasteiger partial charge in [-0.15, -0.1) is 0 Å². The summed E-state index contributed by atoms with van der Waals surface area (Å²) in [6, 6.07) is 7.69. The summed E-state index contributed by atoms with van der Waals surface area (Å²) in [6.07, 6.45) is 3.84. The average Bonchev–Trinajstić information content (AvgIpc) is 3.52. The molecule has 0 unspecified atom stereocenters. The number of ether oxygens (including phenoxy) is 1. The number of carboxylic acids is 1. The molecular formula is C19H23NO4. The monoisotopic (exact) mass is 329 g/mol. The highest BCUT2D eigenvalue weighted by atomic mass is 16.5. The van der Waals surface area contributed by atoms with Crippen LogP contribution < -0.4 is 4.74 Å². The maximum absolute atomic E-state index is 13.2. The van der Waals surface area contributed by atoms with Gasteiger partial charge in [0, 0.05) is 18.7 Å². The third-order valence-electron chi connectivity index (χ3n) is 5.98. The molecule has 2 saturated carbocycles. The van der Waals surface area contributed by atoms with Gasteiger partial charge in [-0.05, 0) is 43.6 Å². The van der Waals surface area contributed by atoms with Crippen LogP contribution in [-0.4, -0.2) is 42.1 Å². The van der Waals surface area contributed by atoms with Gasteiger partial charge in [-0.3, -0.25) is 9.59 Å². The fourth-order valence-corrected chi connectivity index (χ4v) is 4.32. The normalized spacial score (nSPS) is 27.8. The van der Waals surface area contributed by atoms with Crippen LogP contribution in [0.3, 0.4) is 0 Å². The van der Waals surface area contributed by atoms with Gasteiger partial charge in [-0.2, -0.15) is 0 Å². The highest BCUT2D eigenvalue weighted by Crippen LogP contribution is 2.54. The van der Waals surface area contributed by atoms with Crippen molar-refractivity contribution in [3.8, 4) is 5.75 Å². The van der Waals surface area contributed by atoms with Crippen molar-refractivity contribution in [1.29, 1.82) is 0 Å². The van der Waals surface area contributed by atoms with E-state index < -0.39 is 17.3 Å². The van der Waals surface area contributed by atoms with E-state index in [0.29, 0.717) is 19.0 Å². The van der Waals surface area contributed by atoms with Gasteiger partial charge in [-0.25, -0.2) is 0 Å². The number of carbonyl (C=O) groups is 2. The third-order valence-corrected chi connectivity index (χ3v) is 5.98. The minimum Gasteiger partial charge on any atom is -0.496 e. The first-order chi connectivity index (χ1) is 11.6. The van der Waals surface area contributed by atoms with Crippen molar-refractivity contribution in [3.63, 3.8) is 0 Å². The summed E-state index contributed by atoms with van der Waals surface area (Å²) in [5.41, 5.74) is 0.438. The van der Waals surface area contributed by atoms with Crippen LogP contribution in [0, 0.1) is 17.8 Å².